The number of hydrogen-bond acceptors (Lipinski definition) is 2. The maximum Gasteiger partial charge on any atom is 0.411 e. The highest BCUT2D eigenvalue weighted by molar-refractivity contribution is 5.57. The van der Waals surface area contributed by atoms with Gasteiger partial charge in [0.05, 0.1) is 0 Å². The predicted octanol–water partition coefficient (Wildman–Crippen LogP) is 6.99. The normalized spacial score (nSPS) is 15.6. The number of aliphatic hydroxyl groups excluding tert-OH is 1. The van der Waals surface area contributed by atoms with Gasteiger partial charge in [-0.25, -0.2) is 0 Å². The standard InChI is InChI=1S/C21H24F6O2/c1-4-10-18(3,11-5-2)15-12-13(6-8-17(15)29)19(20(22,23)24,21(25,26)27)14-7-9-16(14)28/h6-9,12,28-29H,4-5,10-11H2,1-3H3. The average Bonchev–Trinajstić information content (AvgIpc) is 2.56. The lowest BCUT2D eigenvalue weighted by Gasteiger charge is -2.42. The van der Waals surface area contributed by atoms with Gasteiger partial charge in [0.15, 0.2) is 0 Å². The fourth-order valence-electron chi connectivity index (χ4n) is 4.26. The molecule has 2 N–H and O–H groups in total. The Kier molecular flexibility index (Phi) is 6.08. The number of benzene rings is 1. The van der Waals surface area contributed by atoms with Crippen LogP contribution in [0.4, 0.5) is 26.3 Å². The molecule has 2 rings (SSSR count). The molecule has 0 saturated heterocycles. The topological polar surface area (TPSA) is 40.5 Å². The van der Waals surface area contributed by atoms with Crippen LogP contribution in [0.2, 0.25) is 0 Å². The van der Waals surface area contributed by atoms with Crippen molar-refractivity contribution >= 4 is 0 Å². The van der Waals surface area contributed by atoms with Crippen molar-refractivity contribution in [1.29, 1.82) is 0 Å². The van der Waals surface area contributed by atoms with Gasteiger partial charge in [-0.1, -0.05) is 45.8 Å². The molecule has 0 aromatic heterocycles. The number of alkyl halides is 6. The van der Waals surface area contributed by atoms with Crippen LogP contribution in [0.25, 0.3) is 0 Å². The van der Waals surface area contributed by atoms with Gasteiger partial charge in [0.25, 0.3) is 0 Å². The molecule has 0 saturated carbocycles. The van der Waals surface area contributed by atoms with E-state index in [1.807, 2.05) is 13.8 Å². The molecule has 2 nitrogen and oxygen atoms in total. The molecule has 0 unspecified atom stereocenters. The summed E-state index contributed by atoms with van der Waals surface area (Å²) in [6.45, 7) is 5.43. The van der Waals surface area contributed by atoms with E-state index in [2.05, 4.69) is 0 Å². The summed E-state index contributed by atoms with van der Waals surface area (Å²) < 4.78 is 84.4. The Labute approximate surface area is 165 Å². The number of halogens is 6. The molecule has 1 aromatic carbocycles. The highest BCUT2D eigenvalue weighted by Gasteiger charge is 2.74. The van der Waals surface area contributed by atoms with E-state index in [-0.39, 0.29) is 11.3 Å². The molecular weight excluding hydrogens is 398 g/mol. The fourth-order valence-corrected chi connectivity index (χ4v) is 4.26. The van der Waals surface area contributed by atoms with Crippen molar-refractivity contribution in [2.45, 2.75) is 69.6 Å². The average molecular weight is 422 g/mol. The lowest BCUT2D eigenvalue weighted by molar-refractivity contribution is -0.290. The molecule has 0 heterocycles. The van der Waals surface area contributed by atoms with Gasteiger partial charge in [-0.3, -0.25) is 0 Å². The van der Waals surface area contributed by atoms with E-state index in [4.69, 9.17) is 0 Å². The SMILES string of the molecule is CCCC(C)(CCC)c1cc(C(C2=CC=C2O)(C(F)(F)F)C(F)(F)F)ccc1O. The monoisotopic (exact) mass is 422 g/mol. The molecular formula is C21H24F6O2. The summed E-state index contributed by atoms with van der Waals surface area (Å²) in [5.74, 6) is -1.40. The van der Waals surface area contributed by atoms with Gasteiger partial charge in [-0.05, 0) is 42.0 Å². The van der Waals surface area contributed by atoms with Crippen LogP contribution in [0.3, 0.4) is 0 Å². The van der Waals surface area contributed by atoms with Gasteiger partial charge in [-0.2, -0.15) is 26.3 Å². The lowest BCUT2D eigenvalue weighted by atomic mass is 9.67. The van der Waals surface area contributed by atoms with Crippen molar-refractivity contribution in [1.82, 2.24) is 0 Å². The molecule has 0 atom stereocenters. The highest BCUT2D eigenvalue weighted by atomic mass is 19.4. The number of phenols is 1. The molecule has 0 spiro atoms. The van der Waals surface area contributed by atoms with Gasteiger partial charge in [0.1, 0.15) is 11.5 Å². The summed E-state index contributed by atoms with van der Waals surface area (Å²) in [5.41, 5.74) is -7.46. The van der Waals surface area contributed by atoms with Crippen molar-refractivity contribution in [2.75, 3.05) is 0 Å². The summed E-state index contributed by atoms with van der Waals surface area (Å²) in [6, 6.07) is 2.30. The second kappa shape index (κ2) is 7.61. The van der Waals surface area contributed by atoms with Crippen LogP contribution in [-0.2, 0) is 10.8 Å². The third-order valence-corrected chi connectivity index (χ3v) is 5.62. The quantitative estimate of drug-likeness (QED) is 0.465. The lowest BCUT2D eigenvalue weighted by Crippen LogP contribution is -2.56. The second-order valence-electron chi connectivity index (χ2n) is 7.67. The Bertz CT molecular complexity index is 797. The van der Waals surface area contributed by atoms with E-state index in [1.54, 1.807) is 6.92 Å². The van der Waals surface area contributed by atoms with Crippen molar-refractivity contribution in [3.63, 3.8) is 0 Å². The Balaban J connectivity index is 2.84. The van der Waals surface area contributed by atoms with Crippen molar-refractivity contribution in [3.05, 3.63) is 52.8 Å². The van der Waals surface area contributed by atoms with E-state index in [1.165, 1.54) is 0 Å². The number of rotatable bonds is 7. The smallest absolute Gasteiger partial charge is 0.411 e. The van der Waals surface area contributed by atoms with Gasteiger partial charge in [0.2, 0.25) is 5.41 Å². The molecule has 0 fully saturated rings. The molecule has 162 valence electrons. The first-order valence-electron chi connectivity index (χ1n) is 9.35. The molecule has 0 bridgehead atoms. The van der Waals surface area contributed by atoms with Crippen LogP contribution in [0.15, 0.2) is 41.7 Å². The van der Waals surface area contributed by atoms with Crippen molar-refractivity contribution in [2.24, 2.45) is 0 Å². The van der Waals surface area contributed by atoms with E-state index in [0.717, 1.165) is 18.2 Å². The molecule has 0 radical (unpaired) electrons. The Morgan fingerprint density at radius 1 is 0.828 bits per heavy atom. The third kappa shape index (κ3) is 3.62. The van der Waals surface area contributed by atoms with Crippen LogP contribution >= 0.6 is 0 Å². The van der Waals surface area contributed by atoms with Gasteiger partial charge >= 0.3 is 12.4 Å². The molecule has 1 aromatic rings. The molecule has 8 heteroatoms. The van der Waals surface area contributed by atoms with Gasteiger partial charge in [0, 0.05) is 11.1 Å². The summed E-state index contributed by atoms with van der Waals surface area (Å²) in [7, 11) is 0. The summed E-state index contributed by atoms with van der Waals surface area (Å²) >= 11 is 0. The first-order chi connectivity index (χ1) is 13.3. The molecule has 1 aliphatic carbocycles. The molecule has 29 heavy (non-hydrogen) atoms. The number of allylic oxidation sites excluding steroid dienone is 3. The fraction of sp³-hybridized carbons (Fsp3) is 0.524. The van der Waals surface area contributed by atoms with Crippen molar-refractivity contribution in [3.8, 4) is 5.75 Å². The van der Waals surface area contributed by atoms with Crippen molar-refractivity contribution < 1.29 is 36.6 Å². The minimum Gasteiger partial charge on any atom is -0.508 e. The van der Waals surface area contributed by atoms with Gasteiger partial charge < -0.3 is 10.2 Å². The Morgan fingerprint density at radius 3 is 1.69 bits per heavy atom. The highest BCUT2D eigenvalue weighted by Crippen LogP contribution is 2.59. The zero-order chi connectivity index (χ0) is 22.3. The second-order valence-corrected chi connectivity index (χ2v) is 7.67. The Hall–Kier alpha value is -2.12. The van der Waals surface area contributed by atoms with Crippen LogP contribution in [0, 0.1) is 0 Å². The van der Waals surface area contributed by atoms with Gasteiger partial charge in [-0.15, -0.1) is 0 Å². The minimum absolute atomic E-state index is 0.0416. The van der Waals surface area contributed by atoms with Crippen LogP contribution < -0.4 is 0 Å². The maximum atomic E-state index is 14.1. The number of aliphatic hydroxyl groups is 1. The Morgan fingerprint density at radius 2 is 1.34 bits per heavy atom. The zero-order valence-electron chi connectivity index (χ0n) is 16.4. The number of aromatic hydroxyl groups is 1. The first-order valence-corrected chi connectivity index (χ1v) is 9.35. The summed E-state index contributed by atoms with van der Waals surface area (Å²) in [4.78, 5) is 0. The molecule has 1 aliphatic rings. The van der Waals surface area contributed by atoms with Crippen LogP contribution in [-0.4, -0.2) is 22.6 Å². The van der Waals surface area contributed by atoms with Crippen LogP contribution in [0.5, 0.6) is 5.75 Å². The summed E-state index contributed by atoms with van der Waals surface area (Å²) in [5, 5.41) is 19.9. The predicted molar refractivity (Wildman–Crippen MR) is 97.9 cm³/mol. The molecule has 0 aliphatic heterocycles. The minimum atomic E-state index is -5.76. The number of hydrogen-bond donors (Lipinski definition) is 2. The van der Waals surface area contributed by atoms with E-state index < -0.39 is 40.1 Å². The van der Waals surface area contributed by atoms with E-state index in [9.17, 15) is 36.6 Å². The maximum absolute atomic E-state index is 14.1. The summed E-state index contributed by atoms with van der Waals surface area (Å²) in [6.07, 6.45) is -7.87. The first kappa shape index (κ1) is 23.2. The van der Waals surface area contributed by atoms with E-state index >= 15 is 0 Å². The number of phenolic OH excluding ortho intramolecular Hbond substituents is 1. The molecule has 0 amide bonds. The largest absolute Gasteiger partial charge is 0.508 e. The van der Waals surface area contributed by atoms with Crippen LogP contribution in [0.1, 0.15) is 57.6 Å². The zero-order valence-corrected chi connectivity index (χ0v) is 16.4. The third-order valence-electron chi connectivity index (χ3n) is 5.62. The van der Waals surface area contributed by atoms with E-state index in [0.29, 0.717) is 37.8 Å².